The number of amides is 1. The number of piperazine rings is 1. The van der Waals surface area contributed by atoms with E-state index in [1.54, 1.807) is 18.3 Å². The van der Waals surface area contributed by atoms with Crippen molar-refractivity contribution in [2.45, 2.75) is 13.8 Å². The lowest BCUT2D eigenvalue weighted by Crippen LogP contribution is -2.49. The average Bonchev–Trinajstić information content (AvgIpc) is 3.36. The molecule has 3 aromatic carbocycles. The molecule has 0 saturated carbocycles. The molecule has 5 nitrogen and oxygen atoms in total. The maximum atomic E-state index is 13.5. The van der Waals surface area contributed by atoms with E-state index in [0.717, 1.165) is 18.7 Å². The highest BCUT2D eigenvalue weighted by Gasteiger charge is 2.26. The summed E-state index contributed by atoms with van der Waals surface area (Å²) in [5, 5.41) is 0. The molecule has 2 heterocycles. The van der Waals surface area contributed by atoms with Crippen LogP contribution >= 0.6 is 0 Å². The molecule has 1 amide bonds. The molecule has 0 radical (unpaired) electrons. The molecule has 1 aliphatic rings. The predicted molar refractivity (Wildman–Crippen MR) is 131 cm³/mol. The fraction of sp³-hybridized carbons (Fsp3) is 0.214. The van der Waals surface area contributed by atoms with Gasteiger partial charge in [0.2, 0.25) is 5.89 Å². The van der Waals surface area contributed by atoms with Crippen molar-refractivity contribution in [1.82, 2.24) is 9.88 Å². The molecule has 0 bridgehead atoms. The number of rotatable bonds is 4. The van der Waals surface area contributed by atoms with E-state index < -0.39 is 0 Å². The first-order valence-corrected chi connectivity index (χ1v) is 11.4. The van der Waals surface area contributed by atoms with E-state index in [9.17, 15) is 9.18 Å². The van der Waals surface area contributed by atoms with Gasteiger partial charge in [0.25, 0.3) is 5.91 Å². The van der Waals surface area contributed by atoms with Crippen LogP contribution in [0.25, 0.3) is 22.8 Å². The Kier molecular flexibility index (Phi) is 5.88. The largest absolute Gasteiger partial charge is 0.436 e. The Morgan fingerprint density at radius 1 is 0.912 bits per heavy atom. The Labute approximate surface area is 198 Å². The van der Waals surface area contributed by atoms with Gasteiger partial charge in [-0.05, 0) is 67.4 Å². The van der Waals surface area contributed by atoms with Crippen LogP contribution in [0.3, 0.4) is 0 Å². The molecule has 1 aliphatic heterocycles. The molecular weight excluding hydrogens is 429 g/mol. The number of carbonyl (C=O) groups excluding carboxylic acids is 1. The number of aromatic nitrogens is 1. The van der Waals surface area contributed by atoms with Crippen molar-refractivity contribution in [1.29, 1.82) is 0 Å². The lowest BCUT2D eigenvalue weighted by molar-refractivity contribution is 0.0747. The number of hydrogen-bond donors (Lipinski definition) is 0. The van der Waals surface area contributed by atoms with E-state index in [1.807, 2.05) is 29.2 Å². The number of halogens is 1. The Hall–Kier alpha value is -3.93. The first-order valence-electron chi connectivity index (χ1n) is 11.4. The number of oxazole rings is 1. The van der Waals surface area contributed by atoms with Gasteiger partial charge in [0.05, 0.1) is 11.8 Å². The van der Waals surface area contributed by atoms with Crippen LogP contribution in [0.1, 0.15) is 21.5 Å². The molecule has 0 spiro atoms. The Morgan fingerprint density at radius 3 is 2.41 bits per heavy atom. The first kappa shape index (κ1) is 21.9. The van der Waals surface area contributed by atoms with Crippen LogP contribution < -0.4 is 4.90 Å². The van der Waals surface area contributed by atoms with Crippen LogP contribution in [0.5, 0.6) is 0 Å². The molecular formula is C28H26FN3O2. The third-order valence-electron chi connectivity index (χ3n) is 6.51. The second kappa shape index (κ2) is 9.14. The summed E-state index contributed by atoms with van der Waals surface area (Å²) in [5.74, 6) is 0.562. The topological polar surface area (TPSA) is 49.6 Å². The molecule has 4 aromatic rings. The van der Waals surface area contributed by atoms with E-state index in [1.165, 1.54) is 28.9 Å². The predicted octanol–water partition coefficient (Wildman–Crippen LogP) is 5.73. The van der Waals surface area contributed by atoms with Gasteiger partial charge in [-0.25, -0.2) is 9.37 Å². The molecule has 1 fully saturated rings. The minimum atomic E-state index is -0.308. The second-order valence-corrected chi connectivity index (χ2v) is 8.58. The van der Waals surface area contributed by atoms with Gasteiger partial charge in [0.15, 0.2) is 5.76 Å². The monoisotopic (exact) mass is 455 g/mol. The zero-order valence-corrected chi connectivity index (χ0v) is 19.3. The van der Waals surface area contributed by atoms with Gasteiger partial charge in [-0.3, -0.25) is 4.79 Å². The lowest BCUT2D eigenvalue weighted by Gasteiger charge is -2.37. The Balaban J connectivity index is 1.34. The highest BCUT2D eigenvalue weighted by molar-refractivity contribution is 6.00. The van der Waals surface area contributed by atoms with Gasteiger partial charge in [0.1, 0.15) is 5.82 Å². The number of hydrogen-bond acceptors (Lipinski definition) is 4. The SMILES string of the molecule is Cc1cccc(N2CCN(C(=O)c3ccccc3-c3ncc(-c4ccc(F)cc4)o3)CC2)c1C. The first-order chi connectivity index (χ1) is 16.5. The van der Waals surface area contributed by atoms with E-state index in [2.05, 4.69) is 41.9 Å². The summed E-state index contributed by atoms with van der Waals surface area (Å²) in [6, 6.07) is 19.8. The minimum Gasteiger partial charge on any atom is -0.436 e. The molecule has 172 valence electrons. The molecule has 0 N–H and O–H groups in total. The van der Waals surface area contributed by atoms with Crippen LogP contribution in [0.4, 0.5) is 10.1 Å². The van der Waals surface area contributed by atoms with Gasteiger partial charge < -0.3 is 14.2 Å². The summed E-state index contributed by atoms with van der Waals surface area (Å²) in [7, 11) is 0. The van der Waals surface area contributed by atoms with Gasteiger partial charge >= 0.3 is 0 Å². The fourth-order valence-corrected chi connectivity index (χ4v) is 4.40. The lowest BCUT2D eigenvalue weighted by atomic mass is 10.0. The Morgan fingerprint density at radius 2 is 1.65 bits per heavy atom. The van der Waals surface area contributed by atoms with Crippen molar-refractivity contribution in [3.05, 3.63) is 95.4 Å². The summed E-state index contributed by atoms with van der Waals surface area (Å²) < 4.78 is 19.2. The van der Waals surface area contributed by atoms with Crippen molar-refractivity contribution >= 4 is 11.6 Å². The minimum absolute atomic E-state index is 0.0299. The Bertz CT molecular complexity index is 1320. The van der Waals surface area contributed by atoms with Crippen LogP contribution in [-0.2, 0) is 0 Å². The molecule has 34 heavy (non-hydrogen) atoms. The van der Waals surface area contributed by atoms with Crippen LogP contribution in [0.2, 0.25) is 0 Å². The van der Waals surface area contributed by atoms with Gasteiger partial charge in [-0.15, -0.1) is 0 Å². The number of aryl methyl sites for hydroxylation is 1. The van der Waals surface area contributed by atoms with Gasteiger partial charge in [-0.1, -0.05) is 24.3 Å². The molecule has 0 atom stereocenters. The number of nitrogens with zero attached hydrogens (tertiary/aromatic N) is 3. The van der Waals surface area contributed by atoms with Crippen LogP contribution in [-0.4, -0.2) is 42.0 Å². The van der Waals surface area contributed by atoms with Crippen LogP contribution in [0, 0.1) is 19.7 Å². The zero-order chi connectivity index (χ0) is 23.7. The standard InChI is InChI=1S/C28H26FN3O2/c1-19-6-5-9-25(20(19)2)31-14-16-32(17-15-31)28(33)24-8-4-3-7-23(24)27-30-18-26(34-27)21-10-12-22(29)13-11-21/h3-13,18H,14-17H2,1-2H3. The summed E-state index contributed by atoms with van der Waals surface area (Å²) in [6.07, 6.45) is 1.60. The summed E-state index contributed by atoms with van der Waals surface area (Å²) in [6.45, 7) is 7.13. The van der Waals surface area contributed by atoms with E-state index >= 15 is 0 Å². The van der Waals surface area contributed by atoms with Gasteiger partial charge in [0, 0.05) is 43.0 Å². The molecule has 1 saturated heterocycles. The maximum absolute atomic E-state index is 13.5. The number of anilines is 1. The van der Waals surface area contributed by atoms with Gasteiger partial charge in [-0.2, -0.15) is 0 Å². The van der Waals surface area contributed by atoms with Crippen LogP contribution in [0.15, 0.2) is 77.3 Å². The van der Waals surface area contributed by atoms with Crippen molar-refractivity contribution in [2.75, 3.05) is 31.1 Å². The molecule has 0 unspecified atom stereocenters. The summed E-state index contributed by atoms with van der Waals surface area (Å²) in [4.78, 5) is 22.1. The maximum Gasteiger partial charge on any atom is 0.254 e. The average molecular weight is 456 g/mol. The smallest absolute Gasteiger partial charge is 0.254 e. The zero-order valence-electron chi connectivity index (χ0n) is 19.3. The van der Waals surface area contributed by atoms with Crippen molar-refractivity contribution in [2.24, 2.45) is 0 Å². The second-order valence-electron chi connectivity index (χ2n) is 8.58. The number of carbonyl (C=O) groups is 1. The van der Waals surface area contributed by atoms with Crippen molar-refractivity contribution in [3.63, 3.8) is 0 Å². The van der Waals surface area contributed by atoms with E-state index in [4.69, 9.17) is 4.42 Å². The highest BCUT2D eigenvalue weighted by atomic mass is 19.1. The number of benzene rings is 3. The normalized spacial score (nSPS) is 13.9. The fourth-order valence-electron chi connectivity index (χ4n) is 4.40. The van der Waals surface area contributed by atoms with Crippen molar-refractivity contribution < 1.29 is 13.6 Å². The summed E-state index contributed by atoms with van der Waals surface area (Å²) >= 11 is 0. The highest BCUT2D eigenvalue weighted by Crippen LogP contribution is 2.30. The molecule has 1 aromatic heterocycles. The molecule has 0 aliphatic carbocycles. The third-order valence-corrected chi connectivity index (χ3v) is 6.51. The molecule has 6 heteroatoms. The van der Waals surface area contributed by atoms with E-state index in [0.29, 0.717) is 35.9 Å². The molecule has 5 rings (SSSR count). The quantitative estimate of drug-likeness (QED) is 0.395. The third kappa shape index (κ3) is 4.19. The summed E-state index contributed by atoms with van der Waals surface area (Å²) in [5.41, 5.74) is 5.74. The van der Waals surface area contributed by atoms with Crippen molar-refractivity contribution in [3.8, 4) is 22.8 Å². The van der Waals surface area contributed by atoms with E-state index in [-0.39, 0.29) is 11.7 Å².